The van der Waals surface area contributed by atoms with Crippen molar-refractivity contribution in [2.45, 2.75) is 25.1 Å². The summed E-state index contributed by atoms with van der Waals surface area (Å²) in [4.78, 5) is 0. The number of hydrogen-bond acceptors (Lipinski definition) is 2. The molecule has 1 rings (SSSR count). The fourth-order valence-electron chi connectivity index (χ4n) is 1.11. The SMILES string of the molecule is CN/C(=C\C(N)C(F)(F)F)C1CC1. The van der Waals surface area contributed by atoms with Gasteiger partial charge in [-0.25, -0.2) is 0 Å². The van der Waals surface area contributed by atoms with Crippen LogP contribution in [0.4, 0.5) is 13.2 Å². The van der Waals surface area contributed by atoms with E-state index in [0.29, 0.717) is 5.70 Å². The van der Waals surface area contributed by atoms with Crippen molar-refractivity contribution < 1.29 is 13.2 Å². The third-order valence-electron chi connectivity index (χ3n) is 2.04. The first-order valence-electron chi connectivity index (χ1n) is 4.17. The van der Waals surface area contributed by atoms with Crippen molar-refractivity contribution in [3.05, 3.63) is 11.8 Å². The molecule has 1 fully saturated rings. The lowest BCUT2D eigenvalue weighted by molar-refractivity contribution is -0.137. The highest BCUT2D eigenvalue weighted by Gasteiger charge is 2.36. The highest BCUT2D eigenvalue weighted by atomic mass is 19.4. The van der Waals surface area contributed by atoms with Gasteiger partial charge >= 0.3 is 6.18 Å². The Morgan fingerprint density at radius 2 is 2.08 bits per heavy atom. The van der Waals surface area contributed by atoms with E-state index in [9.17, 15) is 13.2 Å². The Hall–Kier alpha value is -0.710. The lowest BCUT2D eigenvalue weighted by Gasteiger charge is -2.14. The summed E-state index contributed by atoms with van der Waals surface area (Å²) in [6, 6.07) is -1.85. The smallest absolute Gasteiger partial charge is 0.391 e. The van der Waals surface area contributed by atoms with E-state index >= 15 is 0 Å². The van der Waals surface area contributed by atoms with Gasteiger partial charge in [-0.1, -0.05) is 0 Å². The van der Waals surface area contributed by atoms with Gasteiger partial charge < -0.3 is 11.1 Å². The van der Waals surface area contributed by atoms with Gasteiger partial charge in [-0.3, -0.25) is 0 Å². The van der Waals surface area contributed by atoms with Gasteiger partial charge in [-0.05, 0) is 24.8 Å². The summed E-state index contributed by atoms with van der Waals surface area (Å²) in [5.41, 5.74) is 5.57. The Kier molecular flexibility index (Phi) is 2.85. The molecule has 0 amide bonds. The van der Waals surface area contributed by atoms with Crippen LogP contribution in [-0.2, 0) is 0 Å². The van der Waals surface area contributed by atoms with Gasteiger partial charge in [0.2, 0.25) is 0 Å². The fourth-order valence-corrected chi connectivity index (χ4v) is 1.11. The van der Waals surface area contributed by atoms with E-state index in [2.05, 4.69) is 5.32 Å². The number of hydrogen-bond donors (Lipinski definition) is 2. The van der Waals surface area contributed by atoms with Crippen LogP contribution in [0.1, 0.15) is 12.8 Å². The molecule has 0 radical (unpaired) electrons. The van der Waals surface area contributed by atoms with Crippen molar-refractivity contribution in [3.8, 4) is 0 Å². The molecule has 0 aromatic carbocycles. The number of allylic oxidation sites excluding steroid dienone is 1. The molecule has 1 unspecified atom stereocenters. The standard InChI is InChI=1S/C8H13F3N2/c1-13-6(5-2-3-5)4-7(12)8(9,10)11/h4-5,7,13H,2-3,12H2,1H3/b6-4-. The molecule has 3 N–H and O–H groups in total. The minimum atomic E-state index is -4.34. The number of rotatable bonds is 3. The van der Waals surface area contributed by atoms with Gasteiger partial charge in [0.05, 0.1) is 0 Å². The summed E-state index contributed by atoms with van der Waals surface area (Å²) < 4.78 is 36.1. The quantitative estimate of drug-likeness (QED) is 0.712. The first kappa shape index (κ1) is 10.4. The van der Waals surface area contributed by atoms with Crippen LogP contribution in [0.25, 0.3) is 0 Å². The number of halogens is 3. The predicted molar refractivity (Wildman–Crippen MR) is 43.9 cm³/mol. The summed E-state index contributed by atoms with van der Waals surface area (Å²) in [5, 5.41) is 2.75. The van der Waals surface area contributed by atoms with Crippen molar-refractivity contribution in [1.82, 2.24) is 5.32 Å². The molecule has 1 aliphatic carbocycles. The summed E-state index contributed by atoms with van der Waals surface area (Å²) in [5.74, 6) is 0.262. The van der Waals surface area contributed by atoms with Crippen LogP contribution in [0, 0.1) is 5.92 Å². The second-order valence-corrected chi connectivity index (χ2v) is 3.21. The second-order valence-electron chi connectivity index (χ2n) is 3.21. The fraction of sp³-hybridized carbons (Fsp3) is 0.750. The minimum Gasteiger partial charge on any atom is -0.391 e. The van der Waals surface area contributed by atoms with Gasteiger partial charge in [-0.2, -0.15) is 13.2 Å². The van der Waals surface area contributed by atoms with Crippen LogP contribution < -0.4 is 11.1 Å². The topological polar surface area (TPSA) is 38.0 Å². The highest BCUT2D eigenvalue weighted by molar-refractivity contribution is 5.14. The zero-order valence-electron chi connectivity index (χ0n) is 7.36. The number of nitrogens with two attached hydrogens (primary N) is 1. The average Bonchev–Trinajstić information content (AvgIpc) is 2.80. The molecule has 76 valence electrons. The van der Waals surface area contributed by atoms with Crippen molar-refractivity contribution >= 4 is 0 Å². The van der Waals surface area contributed by atoms with Crippen LogP contribution in [0.5, 0.6) is 0 Å². The summed E-state index contributed by atoms with van der Waals surface area (Å²) in [7, 11) is 1.62. The molecule has 0 aromatic heterocycles. The molecule has 1 aliphatic rings. The van der Waals surface area contributed by atoms with Gasteiger partial charge in [0.1, 0.15) is 6.04 Å². The Morgan fingerprint density at radius 3 is 2.38 bits per heavy atom. The van der Waals surface area contributed by atoms with Crippen LogP contribution in [0.15, 0.2) is 11.8 Å². The summed E-state index contributed by atoms with van der Waals surface area (Å²) >= 11 is 0. The predicted octanol–water partition coefficient (Wildman–Crippen LogP) is 1.39. The lowest BCUT2D eigenvalue weighted by atomic mass is 10.2. The van der Waals surface area contributed by atoms with Crippen LogP contribution in [0.3, 0.4) is 0 Å². The van der Waals surface area contributed by atoms with E-state index in [-0.39, 0.29) is 5.92 Å². The molecule has 0 aliphatic heterocycles. The van der Waals surface area contributed by atoms with Gasteiger partial charge in [0, 0.05) is 12.7 Å². The van der Waals surface area contributed by atoms with Gasteiger partial charge in [-0.15, -0.1) is 0 Å². The molecular weight excluding hydrogens is 181 g/mol. The number of nitrogens with one attached hydrogen (secondary N) is 1. The van der Waals surface area contributed by atoms with E-state index in [1.54, 1.807) is 7.05 Å². The highest BCUT2D eigenvalue weighted by Crippen LogP contribution is 2.35. The van der Waals surface area contributed by atoms with Crippen LogP contribution in [-0.4, -0.2) is 19.3 Å². The first-order chi connectivity index (χ1) is 5.95. The van der Waals surface area contributed by atoms with Crippen molar-refractivity contribution in [2.24, 2.45) is 11.7 Å². The molecule has 1 saturated carbocycles. The third kappa shape index (κ3) is 2.91. The Morgan fingerprint density at radius 1 is 1.54 bits per heavy atom. The molecule has 0 aromatic rings. The molecule has 2 nitrogen and oxygen atoms in total. The van der Waals surface area contributed by atoms with Crippen LogP contribution >= 0.6 is 0 Å². The molecular formula is C8H13F3N2. The Balaban J connectivity index is 2.60. The molecule has 13 heavy (non-hydrogen) atoms. The van der Waals surface area contributed by atoms with Gasteiger partial charge in [0.15, 0.2) is 0 Å². The average molecular weight is 194 g/mol. The van der Waals surface area contributed by atoms with Gasteiger partial charge in [0.25, 0.3) is 0 Å². The molecule has 5 heteroatoms. The second kappa shape index (κ2) is 3.57. The summed E-state index contributed by atoms with van der Waals surface area (Å²) in [6.45, 7) is 0. The van der Waals surface area contributed by atoms with Crippen molar-refractivity contribution in [2.75, 3.05) is 7.05 Å². The molecule has 1 atom stereocenters. The van der Waals surface area contributed by atoms with E-state index in [0.717, 1.165) is 18.9 Å². The molecule has 0 saturated heterocycles. The van der Waals surface area contributed by atoms with Crippen LogP contribution in [0.2, 0.25) is 0 Å². The molecule has 0 heterocycles. The third-order valence-corrected chi connectivity index (χ3v) is 2.04. The maximum Gasteiger partial charge on any atom is 0.407 e. The van der Waals surface area contributed by atoms with E-state index < -0.39 is 12.2 Å². The van der Waals surface area contributed by atoms with E-state index in [1.807, 2.05) is 0 Å². The Bertz CT molecular complexity index is 206. The lowest BCUT2D eigenvalue weighted by Crippen LogP contribution is -2.36. The normalized spacial score (nSPS) is 21.5. The van der Waals surface area contributed by atoms with E-state index in [1.165, 1.54) is 0 Å². The Labute approximate surface area is 75.0 Å². The zero-order valence-corrected chi connectivity index (χ0v) is 7.36. The maximum atomic E-state index is 12.0. The van der Waals surface area contributed by atoms with Crippen molar-refractivity contribution in [1.29, 1.82) is 0 Å². The minimum absolute atomic E-state index is 0.262. The summed E-state index contributed by atoms with van der Waals surface area (Å²) in [6.07, 6.45) is -1.36. The number of alkyl halides is 3. The zero-order chi connectivity index (χ0) is 10.1. The molecule has 0 spiro atoms. The monoisotopic (exact) mass is 194 g/mol. The molecule has 0 bridgehead atoms. The maximum absolute atomic E-state index is 12.0. The first-order valence-corrected chi connectivity index (χ1v) is 4.17. The van der Waals surface area contributed by atoms with E-state index in [4.69, 9.17) is 5.73 Å². The van der Waals surface area contributed by atoms with Crippen molar-refractivity contribution in [3.63, 3.8) is 0 Å². The largest absolute Gasteiger partial charge is 0.407 e.